The fourth-order valence-corrected chi connectivity index (χ4v) is 4.92. The molecule has 1 aliphatic heterocycles. The van der Waals surface area contributed by atoms with E-state index >= 15 is 0 Å². The van der Waals surface area contributed by atoms with Crippen molar-refractivity contribution in [2.24, 2.45) is 0 Å². The highest BCUT2D eigenvalue weighted by molar-refractivity contribution is 7.99. The van der Waals surface area contributed by atoms with Gasteiger partial charge in [0.05, 0.1) is 17.2 Å². The molecule has 1 aromatic carbocycles. The summed E-state index contributed by atoms with van der Waals surface area (Å²) in [5.74, 6) is 0.269. The van der Waals surface area contributed by atoms with E-state index in [1.807, 2.05) is 16.3 Å². The molecule has 0 aliphatic carbocycles. The van der Waals surface area contributed by atoms with Crippen molar-refractivity contribution in [3.63, 3.8) is 0 Å². The third-order valence-electron chi connectivity index (χ3n) is 5.03. The molecule has 0 atom stereocenters. The molecule has 0 N–H and O–H groups in total. The average molecular weight is 460 g/mol. The Balaban J connectivity index is 1.28. The Morgan fingerprint density at radius 1 is 1.16 bits per heavy atom. The second-order valence-electron chi connectivity index (χ2n) is 6.92. The minimum atomic E-state index is -0.369. The lowest BCUT2D eigenvalue weighted by Crippen LogP contribution is -2.49. The van der Waals surface area contributed by atoms with Gasteiger partial charge in [0, 0.05) is 43.5 Å². The van der Waals surface area contributed by atoms with Gasteiger partial charge in [0.2, 0.25) is 11.1 Å². The van der Waals surface area contributed by atoms with Crippen molar-refractivity contribution in [3.8, 4) is 0 Å². The zero-order valence-electron chi connectivity index (χ0n) is 16.7. The molecule has 0 unspecified atom stereocenters. The molecule has 1 aliphatic rings. The molecule has 0 spiro atoms. The van der Waals surface area contributed by atoms with Crippen molar-refractivity contribution in [2.45, 2.75) is 18.1 Å². The van der Waals surface area contributed by atoms with Gasteiger partial charge < -0.3 is 9.80 Å². The first-order valence-electron chi connectivity index (χ1n) is 9.79. The van der Waals surface area contributed by atoms with Gasteiger partial charge in [0.1, 0.15) is 5.69 Å². The van der Waals surface area contributed by atoms with Crippen molar-refractivity contribution in [2.75, 3.05) is 36.8 Å². The highest BCUT2D eigenvalue weighted by Gasteiger charge is 2.25. The summed E-state index contributed by atoms with van der Waals surface area (Å²) in [6, 6.07) is 10.8. The van der Waals surface area contributed by atoms with E-state index in [4.69, 9.17) is 0 Å². The van der Waals surface area contributed by atoms with E-state index in [-0.39, 0.29) is 22.3 Å². The number of anilines is 1. The largest absolute Gasteiger partial charge is 0.362 e. The number of thiophene rings is 1. The number of thioether (sulfide) groups is 1. The third-order valence-corrected chi connectivity index (χ3v) is 6.90. The summed E-state index contributed by atoms with van der Waals surface area (Å²) in [5.41, 5.74) is 0.686. The number of carbonyl (C=O) groups is 1. The lowest BCUT2D eigenvalue weighted by molar-refractivity contribution is -0.384. The molecule has 162 valence electrons. The molecule has 1 fully saturated rings. The van der Waals surface area contributed by atoms with Crippen LogP contribution < -0.4 is 4.90 Å². The quantitative estimate of drug-likeness (QED) is 0.287. The standard InChI is InChI=1S/C19H21N7O3S2/c27-18(14-31-19-20-21-22-25(19)8-7-15-4-3-13-30-15)24-11-9-23(10-12-24)16-5-1-2-6-17(16)26(28)29/h1-6,13H,7-12,14H2. The number of rotatable bonds is 8. The molecule has 4 rings (SSSR count). The number of tetrazole rings is 1. The monoisotopic (exact) mass is 459 g/mol. The number of para-hydroxylation sites is 2. The van der Waals surface area contributed by atoms with Crippen LogP contribution in [0.25, 0.3) is 0 Å². The summed E-state index contributed by atoms with van der Waals surface area (Å²) < 4.78 is 1.73. The van der Waals surface area contributed by atoms with E-state index in [9.17, 15) is 14.9 Å². The number of piperazine rings is 1. The number of carbonyl (C=O) groups excluding carboxylic acids is 1. The number of hydrogen-bond donors (Lipinski definition) is 0. The molecule has 31 heavy (non-hydrogen) atoms. The van der Waals surface area contributed by atoms with Crippen LogP contribution in [0.4, 0.5) is 11.4 Å². The smallest absolute Gasteiger partial charge is 0.292 e. The summed E-state index contributed by atoms with van der Waals surface area (Å²) in [4.78, 5) is 28.6. The molecule has 3 aromatic rings. The van der Waals surface area contributed by atoms with Gasteiger partial charge in [-0.1, -0.05) is 30.0 Å². The molecule has 0 bridgehead atoms. The fraction of sp³-hybridized carbons (Fsp3) is 0.368. The first-order chi connectivity index (χ1) is 15.1. The van der Waals surface area contributed by atoms with Crippen molar-refractivity contribution in [1.82, 2.24) is 25.1 Å². The first kappa shape index (κ1) is 21.2. The van der Waals surface area contributed by atoms with Gasteiger partial charge in [-0.25, -0.2) is 4.68 Å². The van der Waals surface area contributed by atoms with E-state index < -0.39 is 0 Å². The summed E-state index contributed by atoms with van der Waals surface area (Å²) in [6.45, 7) is 2.82. The van der Waals surface area contributed by atoms with E-state index in [1.54, 1.807) is 39.1 Å². The second kappa shape index (κ2) is 9.88. The molecular weight excluding hydrogens is 438 g/mol. The van der Waals surface area contributed by atoms with Crippen LogP contribution in [0.5, 0.6) is 0 Å². The minimum Gasteiger partial charge on any atom is -0.362 e. The number of hydrogen-bond acceptors (Lipinski definition) is 9. The Hall–Kier alpha value is -2.99. The average Bonchev–Trinajstić information content (AvgIpc) is 3.48. The molecule has 0 saturated carbocycles. The second-order valence-corrected chi connectivity index (χ2v) is 8.89. The zero-order chi connectivity index (χ0) is 21.6. The molecule has 2 aromatic heterocycles. The van der Waals surface area contributed by atoms with E-state index in [0.717, 1.165) is 6.42 Å². The van der Waals surface area contributed by atoms with Crippen LogP contribution in [-0.2, 0) is 17.8 Å². The predicted octanol–water partition coefficient (Wildman–Crippen LogP) is 2.33. The number of nitro groups is 1. The number of aromatic nitrogens is 4. The number of nitro benzene ring substituents is 1. The van der Waals surface area contributed by atoms with Gasteiger partial charge in [-0.2, -0.15) is 0 Å². The van der Waals surface area contributed by atoms with Gasteiger partial charge in [-0.15, -0.1) is 16.4 Å². The topological polar surface area (TPSA) is 110 Å². The Kier molecular flexibility index (Phi) is 6.77. The number of nitrogens with zero attached hydrogens (tertiary/aromatic N) is 7. The van der Waals surface area contributed by atoms with Crippen molar-refractivity contribution in [3.05, 3.63) is 56.8 Å². The van der Waals surface area contributed by atoms with Crippen LogP contribution in [0.1, 0.15) is 4.88 Å². The summed E-state index contributed by atoms with van der Waals surface area (Å²) >= 11 is 3.03. The Morgan fingerprint density at radius 3 is 2.71 bits per heavy atom. The van der Waals surface area contributed by atoms with Crippen molar-refractivity contribution < 1.29 is 9.72 Å². The Labute approximate surface area is 187 Å². The molecular formula is C19H21N7O3S2. The number of aryl methyl sites for hydroxylation is 2. The van der Waals surface area contributed by atoms with Gasteiger partial charge in [-0.05, 0) is 27.9 Å². The SMILES string of the molecule is O=C(CSc1nnnn1CCc1cccs1)N1CCN(c2ccccc2[N+](=O)[O-])CC1. The Bertz CT molecular complexity index is 1030. The number of amides is 1. The first-order valence-corrected chi connectivity index (χ1v) is 11.7. The zero-order valence-corrected chi connectivity index (χ0v) is 18.3. The number of benzene rings is 1. The molecule has 12 heteroatoms. The van der Waals surface area contributed by atoms with Gasteiger partial charge in [-0.3, -0.25) is 14.9 Å². The minimum absolute atomic E-state index is 0.0139. The van der Waals surface area contributed by atoms with Gasteiger partial charge in [0.25, 0.3) is 5.69 Å². The van der Waals surface area contributed by atoms with E-state index in [2.05, 4.69) is 21.6 Å². The maximum Gasteiger partial charge on any atom is 0.292 e. The molecule has 0 radical (unpaired) electrons. The van der Waals surface area contributed by atoms with Crippen molar-refractivity contribution in [1.29, 1.82) is 0 Å². The van der Waals surface area contributed by atoms with E-state index in [0.29, 0.717) is 43.6 Å². The fourth-order valence-electron chi connectivity index (χ4n) is 3.41. The normalized spacial score (nSPS) is 14.1. The Morgan fingerprint density at radius 2 is 1.97 bits per heavy atom. The van der Waals surface area contributed by atoms with Crippen LogP contribution in [0.15, 0.2) is 46.9 Å². The predicted molar refractivity (Wildman–Crippen MR) is 118 cm³/mol. The van der Waals surface area contributed by atoms with Crippen LogP contribution in [-0.4, -0.2) is 67.9 Å². The molecule has 1 amide bonds. The lowest BCUT2D eigenvalue weighted by Gasteiger charge is -2.35. The van der Waals surface area contributed by atoms with Crippen LogP contribution in [0.3, 0.4) is 0 Å². The summed E-state index contributed by atoms with van der Waals surface area (Å²) in [7, 11) is 0. The maximum absolute atomic E-state index is 12.7. The highest BCUT2D eigenvalue weighted by atomic mass is 32.2. The lowest BCUT2D eigenvalue weighted by atomic mass is 10.2. The van der Waals surface area contributed by atoms with Gasteiger partial charge in [0.15, 0.2) is 0 Å². The molecule has 3 heterocycles. The highest BCUT2D eigenvalue weighted by Crippen LogP contribution is 2.28. The van der Waals surface area contributed by atoms with Crippen LogP contribution >= 0.6 is 23.1 Å². The molecule has 1 saturated heterocycles. The summed E-state index contributed by atoms with van der Waals surface area (Å²) in [6.07, 6.45) is 0.845. The van der Waals surface area contributed by atoms with Crippen molar-refractivity contribution >= 4 is 40.4 Å². The van der Waals surface area contributed by atoms with Crippen LogP contribution in [0.2, 0.25) is 0 Å². The van der Waals surface area contributed by atoms with Gasteiger partial charge >= 0.3 is 0 Å². The summed E-state index contributed by atoms with van der Waals surface area (Å²) in [5, 5.41) is 25.7. The third kappa shape index (κ3) is 5.20. The van der Waals surface area contributed by atoms with Crippen LogP contribution in [0, 0.1) is 10.1 Å². The van der Waals surface area contributed by atoms with E-state index in [1.165, 1.54) is 22.7 Å². The molecule has 10 nitrogen and oxygen atoms in total. The maximum atomic E-state index is 12.7.